The highest BCUT2D eigenvalue weighted by atomic mass is 32.2. The number of aryl methyl sites for hydroxylation is 2. The van der Waals surface area contributed by atoms with Crippen molar-refractivity contribution in [3.05, 3.63) is 59.7 Å². The number of benzene rings is 2. The maximum atomic E-state index is 12.8. The van der Waals surface area contributed by atoms with Crippen molar-refractivity contribution in [3.8, 4) is 5.75 Å². The van der Waals surface area contributed by atoms with Crippen LogP contribution < -0.4 is 10.1 Å². The van der Waals surface area contributed by atoms with Gasteiger partial charge in [-0.05, 0) is 62.4 Å². The molecule has 1 N–H and O–H groups in total. The Bertz CT molecular complexity index is 932. The molecule has 3 rings (SSSR count). The average molecular weight is 431 g/mol. The molecule has 1 aliphatic rings. The smallest absolute Gasteiger partial charge is 0.243 e. The maximum Gasteiger partial charge on any atom is 0.243 e. The molecule has 0 radical (unpaired) electrons. The second-order valence-electron chi connectivity index (χ2n) is 7.73. The molecule has 7 heteroatoms. The fourth-order valence-corrected chi connectivity index (χ4v) is 5.13. The summed E-state index contributed by atoms with van der Waals surface area (Å²) in [5, 5.41) is 3.01. The van der Waals surface area contributed by atoms with Crippen LogP contribution in [0, 0.1) is 12.8 Å². The first-order chi connectivity index (χ1) is 14.4. The first-order valence-corrected chi connectivity index (χ1v) is 11.8. The normalized spacial score (nSPS) is 15.7. The molecule has 1 saturated heterocycles. The number of ether oxygens (including phenoxy) is 1. The highest BCUT2D eigenvalue weighted by molar-refractivity contribution is 7.89. The van der Waals surface area contributed by atoms with Crippen LogP contribution in [0.5, 0.6) is 5.75 Å². The van der Waals surface area contributed by atoms with Crippen LogP contribution in [-0.4, -0.2) is 45.4 Å². The van der Waals surface area contributed by atoms with E-state index in [9.17, 15) is 13.2 Å². The molecule has 0 unspecified atom stereocenters. The van der Waals surface area contributed by atoms with Gasteiger partial charge in [0.15, 0.2) is 0 Å². The van der Waals surface area contributed by atoms with Crippen LogP contribution in [0.2, 0.25) is 0 Å². The summed E-state index contributed by atoms with van der Waals surface area (Å²) in [6, 6.07) is 14.8. The Kier molecular flexibility index (Phi) is 7.50. The number of rotatable bonds is 8. The summed E-state index contributed by atoms with van der Waals surface area (Å²) in [7, 11) is -2.00. The monoisotopic (exact) mass is 430 g/mol. The van der Waals surface area contributed by atoms with Gasteiger partial charge < -0.3 is 10.1 Å². The van der Waals surface area contributed by atoms with Crippen LogP contribution in [0.25, 0.3) is 0 Å². The van der Waals surface area contributed by atoms with E-state index in [1.807, 2.05) is 0 Å². The van der Waals surface area contributed by atoms with Crippen molar-refractivity contribution in [2.24, 2.45) is 5.92 Å². The zero-order valence-corrected chi connectivity index (χ0v) is 18.5. The minimum atomic E-state index is -3.54. The first-order valence-electron chi connectivity index (χ1n) is 10.4. The van der Waals surface area contributed by atoms with Gasteiger partial charge in [-0.1, -0.05) is 29.8 Å². The third-order valence-electron chi connectivity index (χ3n) is 5.58. The number of hydrogen-bond acceptors (Lipinski definition) is 4. The first kappa shape index (κ1) is 22.3. The molecule has 30 heavy (non-hydrogen) atoms. The van der Waals surface area contributed by atoms with Gasteiger partial charge in [-0.15, -0.1) is 0 Å². The summed E-state index contributed by atoms with van der Waals surface area (Å²) in [6.07, 6.45) is 2.90. The van der Waals surface area contributed by atoms with Gasteiger partial charge in [0, 0.05) is 25.6 Å². The standard InChI is InChI=1S/C23H30N2O4S/c1-18-5-7-19(8-6-18)4-3-15-24-23(26)20-13-16-25(17-14-20)30(27,28)22-11-9-21(29-2)10-12-22/h5-12,20H,3-4,13-17H2,1-2H3,(H,24,26). The van der Waals surface area contributed by atoms with Crippen molar-refractivity contribution in [2.75, 3.05) is 26.7 Å². The van der Waals surface area contributed by atoms with Crippen molar-refractivity contribution in [2.45, 2.75) is 37.5 Å². The third kappa shape index (κ3) is 5.61. The van der Waals surface area contributed by atoms with E-state index in [4.69, 9.17) is 4.74 Å². The molecule has 162 valence electrons. The number of carbonyl (C=O) groups is 1. The van der Waals surface area contributed by atoms with Gasteiger partial charge in [0.25, 0.3) is 0 Å². The van der Waals surface area contributed by atoms with E-state index in [1.54, 1.807) is 31.4 Å². The molecule has 1 heterocycles. The second-order valence-corrected chi connectivity index (χ2v) is 9.67. The Balaban J connectivity index is 1.43. The second kappa shape index (κ2) is 10.1. The summed E-state index contributed by atoms with van der Waals surface area (Å²) in [5.74, 6) is 0.513. The van der Waals surface area contributed by atoms with Crippen LogP contribution in [-0.2, 0) is 21.2 Å². The average Bonchev–Trinajstić information content (AvgIpc) is 2.78. The van der Waals surface area contributed by atoms with E-state index in [1.165, 1.54) is 15.4 Å². The largest absolute Gasteiger partial charge is 0.497 e. The number of carbonyl (C=O) groups excluding carboxylic acids is 1. The number of amides is 1. The molecule has 0 aliphatic carbocycles. The third-order valence-corrected chi connectivity index (χ3v) is 7.50. The number of sulfonamides is 1. The highest BCUT2D eigenvalue weighted by Gasteiger charge is 2.31. The molecule has 0 saturated carbocycles. The van der Waals surface area contributed by atoms with Crippen LogP contribution in [0.3, 0.4) is 0 Å². The number of methoxy groups -OCH3 is 1. The molecule has 6 nitrogen and oxygen atoms in total. The van der Waals surface area contributed by atoms with Crippen molar-refractivity contribution < 1.29 is 17.9 Å². The lowest BCUT2D eigenvalue weighted by molar-refractivity contribution is -0.126. The fraction of sp³-hybridized carbons (Fsp3) is 0.435. The lowest BCUT2D eigenvalue weighted by atomic mass is 9.97. The van der Waals surface area contributed by atoms with Gasteiger partial charge in [-0.25, -0.2) is 8.42 Å². The number of piperidine rings is 1. The van der Waals surface area contributed by atoms with Gasteiger partial charge >= 0.3 is 0 Å². The van der Waals surface area contributed by atoms with Crippen molar-refractivity contribution in [1.29, 1.82) is 0 Å². The molecule has 1 fully saturated rings. The quantitative estimate of drug-likeness (QED) is 0.653. The molecular formula is C23H30N2O4S. The van der Waals surface area contributed by atoms with E-state index < -0.39 is 10.0 Å². The summed E-state index contributed by atoms with van der Waals surface area (Å²) in [4.78, 5) is 12.7. The van der Waals surface area contributed by atoms with Crippen LogP contribution in [0.1, 0.15) is 30.4 Å². The molecule has 0 atom stereocenters. The summed E-state index contributed by atoms with van der Waals surface area (Å²) in [6.45, 7) is 3.42. The van der Waals surface area contributed by atoms with Crippen LogP contribution in [0.4, 0.5) is 0 Å². The molecular weight excluding hydrogens is 400 g/mol. The molecule has 1 aliphatic heterocycles. The van der Waals surface area contributed by atoms with Crippen molar-refractivity contribution >= 4 is 15.9 Å². The Morgan fingerprint density at radius 2 is 1.70 bits per heavy atom. The minimum absolute atomic E-state index is 0.0281. The van der Waals surface area contributed by atoms with E-state index >= 15 is 0 Å². The summed E-state index contributed by atoms with van der Waals surface area (Å²) in [5.41, 5.74) is 2.51. The van der Waals surface area contributed by atoms with Crippen LogP contribution in [0.15, 0.2) is 53.4 Å². The zero-order chi connectivity index (χ0) is 21.6. The number of nitrogens with one attached hydrogen (secondary N) is 1. The maximum absolute atomic E-state index is 12.8. The fourth-order valence-electron chi connectivity index (χ4n) is 3.66. The lowest BCUT2D eigenvalue weighted by Crippen LogP contribution is -2.43. The topological polar surface area (TPSA) is 75.7 Å². The molecule has 0 aromatic heterocycles. The predicted octanol–water partition coefficient (Wildman–Crippen LogP) is 3.15. The van der Waals surface area contributed by atoms with Crippen molar-refractivity contribution in [3.63, 3.8) is 0 Å². The number of hydrogen-bond donors (Lipinski definition) is 1. The van der Waals surface area contributed by atoms with Gasteiger partial charge in [-0.2, -0.15) is 4.31 Å². The molecule has 2 aromatic rings. The number of nitrogens with zero attached hydrogens (tertiary/aromatic N) is 1. The molecule has 1 amide bonds. The Morgan fingerprint density at radius 1 is 1.07 bits per heavy atom. The van der Waals surface area contributed by atoms with E-state index in [0.29, 0.717) is 38.2 Å². The van der Waals surface area contributed by atoms with Gasteiger partial charge in [0.1, 0.15) is 5.75 Å². The lowest BCUT2D eigenvalue weighted by Gasteiger charge is -2.30. The summed E-state index contributed by atoms with van der Waals surface area (Å²) >= 11 is 0. The predicted molar refractivity (Wildman–Crippen MR) is 117 cm³/mol. The van der Waals surface area contributed by atoms with Crippen LogP contribution >= 0.6 is 0 Å². The molecule has 0 bridgehead atoms. The zero-order valence-electron chi connectivity index (χ0n) is 17.6. The van der Waals surface area contributed by atoms with E-state index in [-0.39, 0.29) is 16.7 Å². The van der Waals surface area contributed by atoms with E-state index in [0.717, 1.165) is 12.8 Å². The van der Waals surface area contributed by atoms with Gasteiger partial charge in [0.05, 0.1) is 12.0 Å². The summed E-state index contributed by atoms with van der Waals surface area (Å²) < 4.78 is 32.2. The molecule has 0 spiro atoms. The van der Waals surface area contributed by atoms with Gasteiger partial charge in [-0.3, -0.25) is 4.79 Å². The van der Waals surface area contributed by atoms with E-state index in [2.05, 4.69) is 36.5 Å². The SMILES string of the molecule is COc1ccc(S(=O)(=O)N2CCC(C(=O)NCCCc3ccc(C)cc3)CC2)cc1. The van der Waals surface area contributed by atoms with Crippen molar-refractivity contribution in [1.82, 2.24) is 9.62 Å². The Labute approximate surface area is 179 Å². The Morgan fingerprint density at radius 3 is 2.30 bits per heavy atom. The van der Waals surface area contributed by atoms with Gasteiger partial charge in [0.2, 0.25) is 15.9 Å². The minimum Gasteiger partial charge on any atom is -0.497 e. The highest BCUT2D eigenvalue weighted by Crippen LogP contribution is 2.25. The Hall–Kier alpha value is -2.38. The molecule has 2 aromatic carbocycles.